The lowest BCUT2D eigenvalue weighted by Crippen LogP contribution is -2.44. The van der Waals surface area contributed by atoms with Crippen molar-refractivity contribution in [3.63, 3.8) is 0 Å². The summed E-state index contributed by atoms with van der Waals surface area (Å²) in [4.78, 5) is 6.83. The highest BCUT2D eigenvalue weighted by Gasteiger charge is 2.26. The molecule has 1 atom stereocenters. The van der Waals surface area contributed by atoms with Crippen molar-refractivity contribution in [1.29, 1.82) is 0 Å². The molecule has 1 N–H and O–H groups in total. The Balaban J connectivity index is 1.96. The smallest absolute Gasteiger partial charge is 0.258 e. The first-order valence-corrected chi connectivity index (χ1v) is 8.28. The summed E-state index contributed by atoms with van der Waals surface area (Å²) in [5.74, 6) is 2.49. The SMILES string of the molecule is C=CCc1cc(-c2nc(C3CNCCN3C)no2)cc(OC)c1OC. The first-order valence-electron chi connectivity index (χ1n) is 8.28. The highest BCUT2D eigenvalue weighted by molar-refractivity contribution is 5.63. The van der Waals surface area contributed by atoms with Crippen LogP contribution in [0.5, 0.6) is 11.5 Å². The van der Waals surface area contributed by atoms with E-state index >= 15 is 0 Å². The molecule has 7 nitrogen and oxygen atoms in total. The molecule has 0 bridgehead atoms. The number of nitrogens with one attached hydrogen (secondary N) is 1. The molecule has 3 rings (SSSR count). The number of hydrogen-bond donors (Lipinski definition) is 1. The van der Waals surface area contributed by atoms with Crippen LogP contribution in [0.1, 0.15) is 17.4 Å². The van der Waals surface area contributed by atoms with Gasteiger partial charge in [0.25, 0.3) is 5.89 Å². The van der Waals surface area contributed by atoms with Crippen molar-refractivity contribution in [3.05, 3.63) is 36.2 Å². The van der Waals surface area contributed by atoms with Gasteiger partial charge in [0.05, 0.1) is 20.3 Å². The van der Waals surface area contributed by atoms with Crippen LogP contribution in [0.4, 0.5) is 0 Å². The van der Waals surface area contributed by atoms with Gasteiger partial charge in [0.2, 0.25) is 0 Å². The number of hydrogen-bond acceptors (Lipinski definition) is 7. The first-order chi connectivity index (χ1) is 12.2. The summed E-state index contributed by atoms with van der Waals surface area (Å²) in [7, 11) is 5.31. The monoisotopic (exact) mass is 344 g/mol. The quantitative estimate of drug-likeness (QED) is 0.804. The van der Waals surface area contributed by atoms with Gasteiger partial charge in [0, 0.05) is 30.8 Å². The zero-order valence-corrected chi connectivity index (χ0v) is 14.9. The molecule has 1 aromatic carbocycles. The minimum absolute atomic E-state index is 0.110. The summed E-state index contributed by atoms with van der Waals surface area (Å²) < 4.78 is 16.4. The third kappa shape index (κ3) is 3.52. The molecule has 134 valence electrons. The van der Waals surface area contributed by atoms with Gasteiger partial charge >= 0.3 is 0 Å². The maximum Gasteiger partial charge on any atom is 0.258 e. The number of allylic oxidation sites excluding steroid dienone is 1. The highest BCUT2D eigenvalue weighted by atomic mass is 16.5. The zero-order valence-electron chi connectivity index (χ0n) is 14.9. The molecule has 0 aliphatic carbocycles. The molecule has 0 spiro atoms. The Hall–Kier alpha value is -2.38. The third-order valence-electron chi connectivity index (χ3n) is 4.42. The Morgan fingerprint density at radius 1 is 1.40 bits per heavy atom. The van der Waals surface area contributed by atoms with E-state index in [0.29, 0.717) is 29.6 Å². The van der Waals surface area contributed by atoms with E-state index in [1.54, 1.807) is 14.2 Å². The van der Waals surface area contributed by atoms with Crippen LogP contribution >= 0.6 is 0 Å². The number of aromatic nitrogens is 2. The molecule has 1 aromatic heterocycles. The maximum atomic E-state index is 5.52. The molecule has 2 aromatic rings. The fraction of sp³-hybridized carbons (Fsp3) is 0.444. The van der Waals surface area contributed by atoms with Crippen molar-refractivity contribution in [2.45, 2.75) is 12.5 Å². The molecule has 1 aliphatic heterocycles. The van der Waals surface area contributed by atoms with Gasteiger partial charge in [-0.25, -0.2) is 0 Å². The standard InChI is InChI=1S/C18H24N4O3/c1-5-6-12-9-13(10-15(23-3)16(12)24-4)18-20-17(21-25-18)14-11-19-7-8-22(14)2/h5,9-10,14,19H,1,6-8,11H2,2-4H3. The molecule has 2 heterocycles. The minimum atomic E-state index is 0.110. The Morgan fingerprint density at radius 2 is 2.24 bits per heavy atom. The molecule has 25 heavy (non-hydrogen) atoms. The van der Waals surface area contributed by atoms with Crippen molar-refractivity contribution in [1.82, 2.24) is 20.4 Å². The second-order valence-corrected chi connectivity index (χ2v) is 6.02. The lowest BCUT2D eigenvalue weighted by atomic mass is 10.1. The summed E-state index contributed by atoms with van der Waals surface area (Å²) in [5.41, 5.74) is 1.77. The van der Waals surface area contributed by atoms with E-state index in [1.165, 1.54) is 0 Å². The van der Waals surface area contributed by atoms with Gasteiger partial charge < -0.3 is 19.3 Å². The van der Waals surface area contributed by atoms with Crippen LogP contribution in [0.3, 0.4) is 0 Å². The molecule has 0 saturated carbocycles. The van der Waals surface area contributed by atoms with E-state index < -0.39 is 0 Å². The topological polar surface area (TPSA) is 72.7 Å². The molecule has 1 aliphatic rings. The van der Waals surface area contributed by atoms with Crippen LogP contribution in [0.25, 0.3) is 11.5 Å². The molecule has 1 fully saturated rings. The fourth-order valence-electron chi connectivity index (χ4n) is 3.06. The largest absolute Gasteiger partial charge is 0.493 e. The van der Waals surface area contributed by atoms with Crippen LogP contribution in [0, 0.1) is 0 Å². The predicted molar refractivity (Wildman–Crippen MR) is 95.0 cm³/mol. The molecule has 7 heteroatoms. The van der Waals surface area contributed by atoms with Crippen LogP contribution in [-0.2, 0) is 6.42 Å². The lowest BCUT2D eigenvalue weighted by Gasteiger charge is -2.30. The minimum Gasteiger partial charge on any atom is -0.493 e. The molecule has 0 radical (unpaired) electrons. The summed E-state index contributed by atoms with van der Waals surface area (Å²) in [5, 5.41) is 7.54. The summed E-state index contributed by atoms with van der Waals surface area (Å²) in [6.45, 7) is 6.53. The molecule has 0 amide bonds. The normalized spacial score (nSPS) is 18.1. The van der Waals surface area contributed by atoms with Crippen molar-refractivity contribution < 1.29 is 14.0 Å². The predicted octanol–water partition coefficient (Wildman–Crippen LogP) is 2.06. The summed E-state index contributed by atoms with van der Waals surface area (Å²) in [6.07, 6.45) is 2.48. The summed E-state index contributed by atoms with van der Waals surface area (Å²) >= 11 is 0. The Bertz CT molecular complexity index is 744. The Labute approximate surface area is 147 Å². The van der Waals surface area contributed by atoms with E-state index in [2.05, 4.69) is 34.0 Å². The van der Waals surface area contributed by atoms with Gasteiger partial charge in [0.15, 0.2) is 17.3 Å². The second-order valence-electron chi connectivity index (χ2n) is 6.02. The maximum absolute atomic E-state index is 5.52. The van der Waals surface area contributed by atoms with E-state index in [1.807, 2.05) is 18.2 Å². The van der Waals surface area contributed by atoms with Crippen LogP contribution in [-0.4, -0.2) is 55.9 Å². The number of methoxy groups -OCH3 is 2. The van der Waals surface area contributed by atoms with Gasteiger partial charge in [0.1, 0.15) is 0 Å². The third-order valence-corrected chi connectivity index (χ3v) is 4.42. The lowest BCUT2D eigenvalue weighted by molar-refractivity contribution is 0.190. The fourth-order valence-corrected chi connectivity index (χ4v) is 3.06. The van der Waals surface area contributed by atoms with Crippen molar-refractivity contribution in [3.8, 4) is 23.0 Å². The van der Waals surface area contributed by atoms with Gasteiger partial charge in [-0.3, -0.25) is 4.90 Å². The van der Waals surface area contributed by atoms with Crippen molar-refractivity contribution >= 4 is 0 Å². The van der Waals surface area contributed by atoms with Crippen LogP contribution in [0.2, 0.25) is 0 Å². The highest BCUT2D eigenvalue weighted by Crippen LogP contribution is 2.36. The molecular weight excluding hydrogens is 320 g/mol. The van der Waals surface area contributed by atoms with Gasteiger partial charge in [-0.2, -0.15) is 4.98 Å². The summed E-state index contributed by atoms with van der Waals surface area (Å²) in [6, 6.07) is 3.94. The van der Waals surface area contributed by atoms with Gasteiger partial charge in [-0.15, -0.1) is 6.58 Å². The molecule has 1 saturated heterocycles. The van der Waals surface area contributed by atoms with E-state index in [4.69, 9.17) is 14.0 Å². The van der Waals surface area contributed by atoms with Gasteiger partial charge in [-0.05, 0) is 25.6 Å². The zero-order chi connectivity index (χ0) is 17.8. The Kier molecular flexibility index (Phi) is 5.35. The molecule has 1 unspecified atom stereocenters. The molecular formula is C18H24N4O3. The van der Waals surface area contributed by atoms with E-state index in [-0.39, 0.29) is 6.04 Å². The van der Waals surface area contributed by atoms with E-state index in [9.17, 15) is 0 Å². The Morgan fingerprint density at radius 3 is 2.92 bits per heavy atom. The van der Waals surface area contributed by atoms with Crippen molar-refractivity contribution in [2.24, 2.45) is 0 Å². The number of likely N-dealkylation sites (N-methyl/N-ethyl adjacent to an activating group) is 1. The second kappa shape index (κ2) is 7.67. The van der Waals surface area contributed by atoms with Crippen molar-refractivity contribution in [2.75, 3.05) is 40.9 Å². The van der Waals surface area contributed by atoms with Gasteiger partial charge in [-0.1, -0.05) is 11.2 Å². The van der Waals surface area contributed by atoms with E-state index in [0.717, 1.165) is 30.8 Å². The number of benzene rings is 1. The number of nitrogens with zero attached hydrogens (tertiary/aromatic N) is 3. The number of ether oxygens (including phenoxy) is 2. The average Bonchev–Trinajstić information content (AvgIpc) is 3.11. The first kappa shape index (κ1) is 17.4. The van der Waals surface area contributed by atoms with Crippen LogP contribution in [0.15, 0.2) is 29.3 Å². The average molecular weight is 344 g/mol. The van der Waals surface area contributed by atoms with Crippen LogP contribution < -0.4 is 14.8 Å². The number of piperazine rings is 1. The number of rotatable bonds is 6.